The number of carbonyl (C=O) groups is 1. The lowest BCUT2D eigenvalue weighted by Crippen LogP contribution is -2.45. The summed E-state index contributed by atoms with van der Waals surface area (Å²) in [5.41, 5.74) is 6.64. The Bertz CT molecular complexity index is 641. The molecule has 140 valence electrons. The second kappa shape index (κ2) is 8.15. The minimum absolute atomic E-state index is 0. The Kier molecular flexibility index (Phi) is 6.97. The van der Waals surface area contributed by atoms with Crippen LogP contribution in [0.5, 0.6) is 0 Å². The van der Waals surface area contributed by atoms with Crippen LogP contribution in [-0.4, -0.2) is 34.9 Å². The number of halogens is 1. The van der Waals surface area contributed by atoms with E-state index in [4.69, 9.17) is 5.73 Å². The van der Waals surface area contributed by atoms with Gasteiger partial charge in [0.05, 0.1) is 4.92 Å². The van der Waals surface area contributed by atoms with Gasteiger partial charge in [0.15, 0.2) is 0 Å². The topological polar surface area (TPSA) is 89.5 Å². The molecule has 2 unspecified atom stereocenters. The van der Waals surface area contributed by atoms with Crippen LogP contribution in [0.3, 0.4) is 0 Å². The number of piperidine rings is 1. The lowest BCUT2D eigenvalue weighted by Gasteiger charge is -2.34. The molecule has 0 radical (unpaired) electrons. The van der Waals surface area contributed by atoms with Gasteiger partial charge in [-0.25, -0.2) is 0 Å². The molecule has 0 saturated carbocycles. The molecule has 0 aliphatic carbocycles. The van der Waals surface area contributed by atoms with E-state index in [-0.39, 0.29) is 41.4 Å². The van der Waals surface area contributed by atoms with Crippen molar-refractivity contribution in [2.24, 2.45) is 11.7 Å². The van der Waals surface area contributed by atoms with Crippen molar-refractivity contribution in [3.63, 3.8) is 0 Å². The maximum absolute atomic E-state index is 12.8. The highest BCUT2D eigenvalue weighted by Gasteiger charge is 2.29. The van der Waals surface area contributed by atoms with Crippen molar-refractivity contribution in [2.45, 2.75) is 52.0 Å². The van der Waals surface area contributed by atoms with Crippen molar-refractivity contribution in [1.29, 1.82) is 0 Å². The van der Waals surface area contributed by atoms with Crippen LogP contribution in [0.2, 0.25) is 0 Å². The van der Waals surface area contributed by atoms with Crippen molar-refractivity contribution < 1.29 is 9.72 Å². The first-order chi connectivity index (χ1) is 11.1. The molecule has 0 bridgehead atoms. The van der Waals surface area contributed by atoms with Gasteiger partial charge in [0.1, 0.15) is 0 Å². The van der Waals surface area contributed by atoms with E-state index in [9.17, 15) is 14.9 Å². The molecule has 25 heavy (non-hydrogen) atoms. The fraction of sp³-hybridized carbons (Fsp3) is 0.611. The summed E-state index contributed by atoms with van der Waals surface area (Å²) in [6, 6.07) is 4.86. The second-order valence-electron chi connectivity index (χ2n) is 7.75. The van der Waals surface area contributed by atoms with Gasteiger partial charge in [-0.15, -0.1) is 12.4 Å². The van der Waals surface area contributed by atoms with Gasteiger partial charge < -0.3 is 10.6 Å². The largest absolute Gasteiger partial charge is 0.338 e. The normalized spacial score (nSPS) is 19.1. The van der Waals surface area contributed by atoms with E-state index < -0.39 is 4.92 Å². The van der Waals surface area contributed by atoms with Crippen molar-refractivity contribution in [2.75, 3.05) is 13.1 Å². The minimum atomic E-state index is -0.404. The number of rotatable bonds is 3. The highest BCUT2D eigenvalue weighted by atomic mass is 35.5. The second-order valence-corrected chi connectivity index (χ2v) is 7.75. The van der Waals surface area contributed by atoms with Gasteiger partial charge in [-0.2, -0.15) is 0 Å². The quantitative estimate of drug-likeness (QED) is 0.652. The summed E-state index contributed by atoms with van der Waals surface area (Å²) in [4.78, 5) is 25.6. The van der Waals surface area contributed by atoms with Crippen LogP contribution in [0.25, 0.3) is 0 Å². The molecule has 7 heteroatoms. The van der Waals surface area contributed by atoms with Crippen LogP contribution in [0, 0.1) is 16.0 Å². The first-order valence-corrected chi connectivity index (χ1v) is 8.45. The molecule has 2 atom stereocenters. The third kappa shape index (κ3) is 4.92. The van der Waals surface area contributed by atoms with Gasteiger partial charge in [0.25, 0.3) is 11.6 Å². The molecule has 1 fully saturated rings. The fourth-order valence-corrected chi connectivity index (χ4v) is 3.26. The van der Waals surface area contributed by atoms with E-state index in [1.165, 1.54) is 6.07 Å². The number of carbonyl (C=O) groups excluding carboxylic acids is 1. The molecule has 0 aromatic heterocycles. The number of hydrogen-bond acceptors (Lipinski definition) is 4. The predicted octanol–water partition coefficient (Wildman–Crippen LogP) is 3.51. The monoisotopic (exact) mass is 369 g/mol. The number of likely N-dealkylation sites (tertiary alicyclic amines) is 1. The Morgan fingerprint density at radius 1 is 1.40 bits per heavy atom. The highest BCUT2D eigenvalue weighted by Crippen LogP contribution is 2.32. The molecule has 1 aliphatic rings. The van der Waals surface area contributed by atoms with Gasteiger partial charge >= 0.3 is 0 Å². The van der Waals surface area contributed by atoms with Crippen molar-refractivity contribution >= 4 is 24.0 Å². The molecule has 2 rings (SSSR count). The summed E-state index contributed by atoms with van der Waals surface area (Å²) in [5, 5.41) is 11.4. The first kappa shape index (κ1) is 21.4. The summed E-state index contributed by atoms with van der Waals surface area (Å²) in [7, 11) is 0. The summed E-state index contributed by atoms with van der Waals surface area (Å²) in [6.07, 6.45) is 1.94. The molecule has 1 amide bonds. The predicted molar refractivity (Wildman–Crippen MR) is 101 cm³/mol. The molecule has 1 aliphatic heterocycles. The zero-order chi connectivity index (χ0) is 18.1. The molecule has 6 nitrogen and oxygen atoms in total. The summed E-state index contributed by atoms with van der Waals surface area (Å²) >= 11 is 0. The standard InChI is InChI=1S/C18H27N3O3.ClH/c1-12(19)14-6-5-9-20(11-14)17(22)13-7-8-15(18(2,3)4)16(10-13)21(23)24;/h7-8,10,12,14H,5-6,9,11,19H2,1-4H3;1H. The van der Waals surface area contributed by atoms with E-state index in [0.717, 1.165) is 12.8 Å². The molecule has 0 spiro atoms. The average molecular weight is 370 g/mol. The van der Waals surface area contributed by atoms with Gasteiger partial charge in [0, 0.05) is 36.3 Å². The van der Waals surface area contributed by atoms with Crippen LogP contribution >= 0.6 is 12.4 Å². The van der Waals surface area contributed by atoms with E-state index in [2.05, 4.69) is 0 Å². The number of hydrogen-bond donors (Lipinski definition) is 1. The number of amides is 1. The van der Waals surface area contributed by atoms with Crippen LogP contribution in [0.1, 0.15) is 56.5 Å². The SMILES string of the molecule is CC(N)C1CCCN(C(=O)c2ccc(C(C)(C)C)c([N+](=O)[O-])c2)C1.Cl. The Morgan fingerprint density at radius 3 is 2.56 bits per heavy atom. The summed E-state index contributed by atoms with van der Waals surface area (Å²) in [6.45, 7) is 9.03. The fourth-order valence-electron chi connectivity index (χ4n) is 3.26. The van der Waals surface area contributed by atoms with Crippen LogP contribution in [0.15, 0.2) is 18.2 Å². The zero-order valence-corrected chi connectivity index (χ0v) is 16.1. The Labute approximate surface area is 155 Å². The minimum Gasteiger partial charge on any atom is -0.338 e. The molecule has 1 aromatic carbocycles. The van der Waals surface area contributed by atoms with E-state index >= 15 is 0 Å². The molecule has 1 heterocycles. The molecular weight excluding hydrogens is 342 g/mol. The third-order valence-electron chi connectivity index (χ3n) is 4.74. The van der Waals surface area contributed by atoms with Crippen molar-refractivity contribution in [1.82, 2.24) is 4.90 Å². The lowest BCUT2D eigenvalue weighted by molar-refractivity contribution is -0.386. The Morgan fingerprint density at radius 2 is 2.04 bits per heavy atom. The molecule has 1 saturated heterocycles. The third-order valence-corrected chi connectivity index (χ3v) is 4.74. The van der Waals surface area contributed by atoms with Gasteiger partial charge in [-0.3, -0.25) is 14.9 Å². The van der Waals surface area contributed by atoms with E-state index in [1.807, 2.05) is 27.7 Å². The van der Waals surface area contributed by atoms with Crippen LogP contribution in [0.4, 0.5) is 5.69 Å². The van der Waals surface area contributed by atoms with Gasteiger partial charge in [0.2, 0.25) is 0 Å². The Balaban J connectivity index is 0.00000312. The number of nitrogens with zero attached hydrogens (tertiary/aromatic N) is 2. The summed E-state index contributed by atoms with van der Waals surface area (Å²) in [5.74, 6) is 0.135. The molecular formula is C18H28ClN3O3. The van der Waals surface area contributed by atoms with Crippen molar-refractivity contribution in [3.05, 3.63) is 39.4 Å². The number of benzene rings is 1. The lowest BCUT2D eigenvalue weighted by atomic mass is 9.85. The van der Waals surface area contributed by atoms with E-state index in [1.54, 1.807) is 17.0 Å². The highest BCUT2D eigenvalue weighted by molar-refractivity contribution is 5.95. The van der Waals surface area contributed by atoms with Gasteiger partial charge in [-0.05, 0) is 37.2 Å². The molecule has 1 aromatic rings. The number of nitro benzene ring substituents is 1. The maximum atomic E-state index is 12.8. The number of nitrogens with two attached hydrogens (primary N) is 1. The maximum Gasteiger partial charge on any atom is 0.273 e. The number of nitro groups is 1. The van der Waals surface area contributed by atoms with Crippen LogP contribution < -0.4 is 5.73 Å². The zero-order valence-electron chi connectivity index (χ0n) is 15.3. The van der Waals surface area contributed by atoms with E-state index in [0.29, 0.717) is 24.2 Å². The first-order valence-electron chi connectivity index (χ1n) is 8.45. The average Bonchev–Trinajstić information content (AvgIpc) is 2.52. The van der Waals surface area contributed by atoms with Gasteiger partial charge in [-0.1, -0.05) is 26.8 Å². The van der Waals surface area contributed by atoms with Crippen molar-refractivity contribution in [3.8, 4) is 0 Å². The van der Waals surface area contributed by atoms with Crippen LogP contribution in [-0.2, 0) is 5.41 Å². The Hall–Kier alpha value is -1.66. The smallest absolute Gasteiger partial charge is 0.273 e. The molecule has 2 N–H and O–H groups in total. The summed E-state index contributed by atoms with van der Waals surface area (Å²) < 4.78 is 0.